The maximum atomic E-state index is 15.4. The lowest BCUT2D eigenvalue weighted by atomic mass is 10.0. The van der Waals surface area contributed by atoms with Crippen molar-refractivity contribution >= 4 is 40.4 Å². The molecule has 0 bridgehead atoms. The van der Waals surface area contributed by atoms with Crippen molar-refractivity contribution in [2.75, 3.05) is 23.4 Å². The number of aromatic nitrogens is 2. The van der Waals surface area contributed by atoms with Gasteiger partial charge in [-0.2, -0.15) is 17.8 Å². The van der Waals surface area contributed by atoms with Crippen LogP contribution >= 0.6 is 11.6 Å². The molecule has 0 radical (unpaired) electrons. The third kappa shape index (κ3) is 5.24. The summed E-state index contributed by atoms with van der Waals surface area (Å²) in [6, 6.07) is -1.30. The van der Waals surface area contributed by atoms with Crippen molar-refractivity contribution in [3.63, 3.8) is 0 Å². The van der Waals surface area contributed by atoms with E-state index in [0.717, 1.165) is 9.47 Å². The molecule has 1 aromatic carbocycles. The molecule has 16 heteroatoms. The predicted molar refractivity (Wildman–Crippen MR) is 128 cm³/mol. The molecule has 0 spiro atoms. The van der Waals surface area contributed by atoms with Crippen molar-refractivity contribution in [1.82, 2.24) is 14.6 Å². The van der Waals surface area contributed by atoms with Crippen LogP contribution in [0.1, 0.15) is 39.7 Å². The Hall–Kier alpha value is -3.49. The first kappa shape index (κ1) is 27.5. The number of fused-ring (bicyclic) bond motifs is 1. The van der Waals surface area contributed by atoms with E-state index < -0.39 is 88.2 Å². The zero-order valence-corrected chi connectivity index (χ0v) is 21.1. The molecule has 38 heavy (non-hydrogen) atoms. The van der Waals surface area contributed by atoms with Gasteiger partial charge in [0.05, 0.1) is 33.6 Å². The first-order chi connectivity index (χ1) is 17.5. The summed E-state index contributed by atoms with van der Waals surface area (Å²) in [5.74, 6) is -3.28. The van der Waals surface area contributed by atoms with Gasteiger partial charge in [0, 0.05) is 19.1 Å². The fourth-order valence-corrected chi connectivity index (χ4v) is 4.89. The zero-order valence-electron chi connectivity index (χ0n) is 20.4. The smallest absolute Gasteiger partial charge is 0.424 e. The summed E-state index contributed by atoms with van der Waals surface area (Å²) < 4.78 is 63.4. The minimum absolute atomic E-state index is 0.203. The van der Waals surface area contributed by atoms with Gasteiger partial charge in [0.15, 0.2) is 0 Å². The van der Waals surface area contributed by atoms with Gasteiger partial charge < -0.3 is 20.1 Å². The van der Waals surface area contributed by atoms with Gasteiger partial charge in [-0.1, -0.05) is 11.6 Å². The molecule has 11 nitrogen and oxygen atoms in total. The van der Waals surface area contributed by atoms with Crippen LogP contribution in [0.3, 0.4) is 0 Å². The van der Waals surface area contributed by atoms with Crippen LogP contribution in [0.2, 0.25) is 5.02 Å². The number of halogens is 5. The minimum atomic E-state index is -4.78. The molecule has 0 unspecified atom stereocenters. The van der Waals surface area contributed by atoms with Crippen LogP contribution in [0, 0.1) is 11.7 Å². The van der Waals surface area contributed by atoms with E-state index in [-0.39, 0.29) is 10.2 Å². The standard InChI is InChI=1S/C22H24ClF4N5O6/c1-21(2,3)38-19(36)28-13-8-30(7-11(13)22(25,26)27)16-12(24)6-10-15(14(16)23)31(9-4-5-9)20(37)32(17(10)33)29-18(34)35/h6,9,11,13,29H,4-5,7-8H2,1-3H3,(H,28,36)(H,34,35)/t11-,13-/m1/s1. The topological polar surface area (TPSA) is 135 Å². The molecule has 4 rings (SSSR count). The van der Waals surface area contributed by atoms with E-state index in [1.54, 1.807) is 26.2 Å². The number of amides is 2. The van der Waals surface area contributed by atoms with Crippen molar-refractivity contribution in [3.8, 4) is 0 Å². The largest absolute Gasteiger partial charge is 0.464 e. The number of nitrogens with zero attached hydrogens (tertiary/aromatic N) is 3. The Morgan fingerprint density at radius 3 is 2.32 bits per heavy atom. The highest BCUT2D eigenvalue weighted by atomic mass is 35.5. The summed E-state index contributed by atoms with van der Waals surface area (Å²) in [7, 11) is 0. The Balaban J connectivity index is 1.82. The van der Waals surface area contributed by atoms with Crippen LogP contribution < -0.4 is 26.9 Å². The number of carbonyl (C=O) groups is 2. The van der Waals surface area contributed by atoms with Crippen molar-refractivity contribution in [1.29, 1.82) is 0 Å². The van der Waals surface area contributed by atoms with E-state index in [0.29, 0.717) is 18.9 Å². The molecule has 2 atom stereocenters. The maximum Gasteiger partial charge on any atom is 0.424 e. The molecule has 2 aromatic rings. The summed E-state index contributed by atoms with van der Waals surface area (Å²) in [4.78, 5) is 50.1. The number of anilines is 1. The molecule has 2 fully saturated rings. The molecule has 1 aliphatic heterocycles. The van der Waals surface area contributed by atoms with E-state index in [2.05, 4.69) is 5.32 Å². The lowest BCUT2D eigenvalue weighted by Crippen LogP contribution is -2.47. The average Bonchev–Trinajstić information content (AvgIpc) is 3.50. The number of benzene rings is 1. The number of ether oxygens (including phenoxy) is 1. The maximum absolute atomic E-state index is 15.4. The molecule has 2 aliphatic rings. The highest BCUT2D eigenvalue weighted by Crippen LogP contribution is 2.43. The number of hydrogen-bond acceptors (Lipinski definition) is 6. The Kier molecular flexibility index (Phi) is 6.78. The van der Waals surface area contributed by atoms with Gasteiger partial charge in [-0.25, -0.2) is 24.2 Å². The first-order valence-corrected chi connectivity index (χ1v) is 11.9. The molecule has 208 valence electrons. The van der Waals surface area contributed by atoms with Crippen molar-refractivity contribution in [2.45, 2.75) is 57.5 Å². The summed E-state index contributed by atoms with van der Waals surface area (Å²) in [6.07, 6.45) is -6.62. The number of nitrogens with one attached hydrogen (secondary N) is 2. The second kappa shape index (κ2) is 9.36. The van der Waals surface area contributed by atoms with Crippen LogP contribution in [0.15, 0.2) is 15.7 Å². The average molecular weight is 566 g/mol. The fourth-order valence-electron chi connectivity index (χ4n) is 4.49. The molecule has 1 saturated heterocycles. The van der Waals surface area contributed by atoms with E-state index >= 15 is 4.39 Å². The predicted octanol–water partition coefficient (Wildman–Crippen LogP) is 3.40. The van der Waals surface area contributed by atoms with Crippen LogP contribution in [-0.2, 0) is 4.74 Å². The summed E-state index contributed by atoms with van der Waals surface area (Å²) in [5.41, 5.74) is -2.30. The Morgan fingerprint density at radius 2 is 1.79 bits per heavy atom. The van der Waals surface area contributed by atoms with Gasteiger partial charge in [-0.3, -0.25) is 9.36 Å². The van der Waals surface area contributed by atoms with Gasteiger partial charge >= 0.3 is 24.1 Å². The van der Waals surface area contributed by atoms with Crippen molar-refractivity contribution in [3.05, 3.63) is 37.7 Å². The van der Waals surface area contributed by atoms with Gasteiger partial charge in [0.1, 0.15) is 11.4 Å². The number of alkyl halides is 3. The molecule has 1 saturated carbocycles. The molecule has 1 aromatic heterocycles. The Labute approximate surface area is 216 Å². The molecular formula is C22H24ClF4N5O6. The van der Waals surface area contributed by atoms with E-state index in [1.807, 2.05) is 0 Å². The van der Waals surface area contributed by atoms with E-state index in [4.69, 9.17) is 21.4 Å². The molecule has 3 N–H and O–H groups in total. The van der Waals surface area contributed by atoms with Gasteiger partial charge in [-0.05, 0) is 39.7 Å². The molecule has 1 aliphatic carbocycles. The first-order valence-electron chi connectivity index (χ1n) is 11.5. The zero-order chi connectivity index (χ0) is 28.3. The third-order valence-corrected chi connectivity index (χ3v) is 6.48. The lowest BCUT2D eigenvalue weighted by molar-refractivity contribution is -0.173. The summed E-state index contributed by atoms with van der Waals surface area (Å²) in [5, 5.41) is 10.3. The second-order valence-corrected chi connectivity index (χ2v) is 10.5. The monoisotopic (exact) mass is 565 g/mol. The highest BCUT2D eigenvalue weighted by molar-refractivity contribution is 6.38. The van der Waals surface area contributed by atoms with Gasteiger partial charge in [0.2, 0.25) is 0 Å². The van der Waals surface area contributed by atoms with E-state index in [1.165, 1.54) is 0 Å². The molecule has 2 amide bonds. The minimum Gasteiger partial charge on any atom is -0.464 e. The molecule has 2 heterocycles. The normalized spacial score (nSPS) is 20.1. The lowest BCUT2D eigenvalue weighted by Gasteiger charge is -2.25. The quantitative estimate of drug-likeness (QED) is 0.484. The SMILES string of the molecule is CC(C)(C)OC(=O)N[C@@H]1CN(c2c(F)cc3c(=O)n(NC(=O)O)c(=O)n(C4CC4)c3c2Cl)C[C@H]1C(F)(F)F. The van der Waals surface area contributed by atoms with Crippen LogP contribution in [0.5, 0.6) is 0 Å². The van der Waals surface area contributed by atoms with E-state index in [9.17, 15) is 32.3 Å². The fraction of sp³-hybridized carbons (Fsp3) is 0.545. The molecular weight excluding hydrogens is 542 g/mol. The van der Waals surface area contributed by atoms with Gasteiger partial charge in [-0.15, -0.1) is 0 Å². The van der Waals surface area contributed by atoms with Crippen LogP contribution in [0.4, 0.5) is 32.8 Å². The number of hydrogen-bond donors (Lipinski definition) is 3. The number of carboxylic acid groups (broad SMARTS) is 1. The Bertz CT molecular complexity index is 1430. The van der Waals surface area contributed by atoms with Crippen molar-refractivity contribution < 1.29 is 37.0 Å². The summed E-state index contributed by atoms with van der Waals surface area (Å²) >= 11 is 6.49. The van der Waals surface area contributed by atoms with Gasteiger partial charge in [0.25, 0.3) is 5.56 Å². The van der Waals surface area contributed by atoms with Crippen LogP contribution in [-0.4, -0.2) is 57.4 Å². The number of carbonyl (C=O) groups excluding carboxylic acids is 1. The van der Waals surface area contributed by atoms with Crippen LogP contribution in [0.25, 0.3) is 10.9 Å². The Morgan fingerprint density at radius 1 is 1.16 bits per heavy atom. The highest BCUT2D eigenvalue weighted by Gasteiger charge is 2.51. The number of alkyl carbamates (subject to hydrolysis) is 1. The second-order valence-electron chi connectivity index (χ2n) is 10.2. The summed E-state index contributed by atoms with van der Waals surface area (Å²) in [6.45, 7) is 3.34. The number of rotatable bonds is 4. The van der Waals surface area contributed by atoms with Crippen molar-refractivity contribution in [2.24, 2.45) is 5.92 Å². The third-order valence-electron chi connectivity index (χ3n) is 6.12.